The maximum Gasteiger partial charge on any atom is 0.142 e. The van der Waals surface area contributed by atoms with Gasteiger partial charge in [0, 0.05) is 35.9 Å². The van der Waals surface area contributed by atoms with Crippen molar-refractivity contribution in [2.45, 2.75) is 13.1 Å². The first-order chi connectivity index (χ1) is 13.7. The lowest BCUT2D eigenvalue weighted by atomic mass is 10.1. The number of aromatic nitrogens is 4. The Hall–Kier alpha value is -2.90. The number of rotatable bonds is 3. The summed E-state index contributed by atoms with van der Waals surface area (Å²) in [6, 6.07) is 10.6. The molecule has 6 nitrogen and oxygen atoms in total. The zero-order valence-electron chi connectivity index (χ0n) is 14.9. The molecule has 28 heavy (non-hydrogen) atoms. The molecule has 4 aromatic rings. The summed E-state index contributed by atoms with van der Waals surface area (Å²) in [4.78, 5) is 6.44. The smallest absolute Gasteiger partial charge is 0.142 e. The molecule has 0 spiro atoms. The van der Waals surface area contributed by atoms with Gasteiger partial charge in [-0.15, -0.1) is 0 Å². The molecule has 142 valence electrons. The molecule has 2 aromatic carbocycles. The standard InChI is InChI=1S/C20H17ClFN5O/c21-17-9-16(27-4-3-13-7-15(22)1-2-18(13)27)8-14-10-26(5-6-28-20(14)17)11-19-23-12-24-25-19/h1-4,7-9,12H,5-6,10-11H2,(H,23,24,25). The van der Waals surface area contributed by atoms with Crippen molar-refractivity contribution >= 4 is 22.5 Å². The van der Waals surface area contributed by atoms with Crippen LogP contribution in [-0.2, 0) is 13.1 Å². The fourth-order valence-electron chi connectivity index (χ4n) is 3.64. The van der Waals surface area contributed by atoms with E-state index < -0.39 is 0 Å². The fourth-order valence-corrected chi connectivity index (χ4v) is 3.93. The van der Waals surface area contributed by atoms with Crippen molar-refractivity contribution in [2.75, 3.05) is 13.2 Å². The van der Waals surface area contributed by atoms with E-state index in [-0.39, 0.29) is 5.82 Å². The number of aromatic amines is 1. The van der Waals surface area contributed by atoms with Gasteiger partial charge in [-0.3, -0.25) is 10.00 Å². The van der Waals surface area contributed by atoms with Crippen LogP contribution in [0.4, 0.5) is 4.39 Å². The Morgan fingerprint density at radius 2 is 2.14 bits per heavy atom. The molecular weight excluding hydrogens is 381 g/mol. The average Bonchev–Trinajstić information content (AvgIpc) is 3.27. The number of nitrogens with zero attached hydrogens (tertiary/aromatic N) is 4. The van der Waals surface area contributed by atoms with Crippen molar-refractivity contribution in [3.05, 3.63) is 71.2 Å². The van der Waals surface area contributed by atoms with Gasteiger partial charge in [0.15, 0.2) is 0 Å². The SMILES string of the molecule is Fc1ccc2c(ccn2-c2cc(Cl)c3c(c2)CN(Cc2ncn[nH]2)CCO3)c1. The van der Waals surface area contributed by atoms with Crippen molar-refractivity contribution in [2.24, 2.45) is 0 Å². The molecule has 5 rings (SSSR count). The molecule has 8 heteroatoms. The molecule has 0 radical (unpaired) electrons. The summed E-state index contributed by atoms with van der Waals surface area (Å²) in [6.07, 6.45) is 3.43. The minimum absolute atomic E-state index is 0.248. The summed E-state index contributed by atoms with van der Waals surface area (Å²) in [7, 11) is 0. The predicted octanol–water partition coefficient (Wildman–Crippen LogP) is 3.94. The number of hydrogen-bond acceptors (Lipinski definition) is 4. The van der Waals surface area contributed by atoms with E-state index in [9.17, 15) is 4.39 Å². The topological polar surface area (TPSA) is 59.0 Å². The van der Waals surface area contributed by atoms with Crippen molar-refractivity contribution in [3.8, 4) is 11.4 Å². The highest BCUT2D eigenvalue weighted by Gasteiger charge is 2.20. The van der Waals surface area contributed by atoms with E-state index >= 15 is 0 Å². The molecule has 2 aromatic heterocycles. The van der Waals surface area contributed by atoms with E-state index in [0.29, 0.717) is 30.5 Å². The normalized spacial score (nSPS) is 14.6. The van der Waals surface area contributed by atoms with Crippen LogP contribution < -0.4 is 4.74 Å². The number of benzene rings is 2. The zero-order chi connectivity index (χ0) is 19.1. The number of ether oxygens (including phenoxy) is 1. The van der Waals surface area contributed by atoms with Gasteiger partial charge in [-0.1, -0.05) is 11.6 Å². The summed E-state index contributed by atoms with van der Waals surface area (Å²) < 4.78 is 21.4. The van der Waals surface area contributed by atoms with E-state index in [4.69, 9.17) is 16.3 Å². The number of halogens is 2. The lowest BCUT2D eigenvalue weighted by molar-refractivity contribution is 0.216. The monoisotopic (exact) mass is 397 g/mol. The van der Waals surface area contributed by atoms with Crippen LogP contribution in [0.5, 0.6) is 5.75 Å². The largest absolute Gasteiger partial charge is 0.490 e. The lowest BCUT2D eigenvalue weighted by Gasteiger charge is -2.18. The molecule has 0 amide bonds. The summed E-state index contributed by atoms with van der Waals surface area (Å²) in [5, 5.41) is 8.21. The molecule has 0 fully saturated rings. The van der Waals surface area contributed by atoms with Crippen molar-refractivity contribution < 1.29 is 9.13 Å². The van der Waals surface area contributed by atoms with Crippen molar-refractivity contribution in [1.82, 2.24) is 24.6 Å². The first-order valence-corrected chi connectivity index (χ1v) is 9.34. The van der Waals surface area contributed by atoms with E-state index in [1.165, 1.54) is 18.5 Å². The summed E-state index contributed by atoms with van der Waals surface area (Å²) in [5.41, 5.74) is 2.84. The molecule has 3 heterocycles. The van der Waals surface area contributed by atoms with E-state index in [1.54, 1.807) is 6.07 Å². The van der Waals surface area contributed by atoms with E-state index in [1.807, 2.05) is 22.9 Å². The van der Waals surface area contributed by atoms with Crippen LogP contribution in [0.15, 0.2) is 48.9 Å². The van der Waals surface area contributed by atoms with Crippen LogP contribution in [0.1, 0.15) is 11.4 Å². The van der Waals surface area contributed by atoms with Gasteiger partial charge >= 0.3 is 0 Å². The molecule has 0 saturated carbocycles. The minimum atomic E-state index is -0.248. The van der Waals surface area contributed by atoms with Gasteiger partial charge in [0.1, 0.15) is 30.3 Å². The molecule has 1 N–H and O–H groups in total. The molecule has 1 aliphatic heterocycles. The van der Waals surface area contributed by atoms with E-state index in [0.717, 1.165) is 34.5 Å². The highest BCUT2D eigenvalue weighted by molar-refractivity contribution is 6.32. The van der Waals surface area contributed by atoms with Gasteiger partial charge in [0.2, 0.25) is 0 Å². The Balaban J connectivity index is 1.53. The first-order valence-electron chi connectivity index (χ1n) is 8.96. The predicted molar refractivity (Wildman–Crippen MR) is 104 cm³/mol. The number of hydrogen-bond donors (Lipinski definition) is 1. The molecule has 0 aliphatic carbocycles. The van der Waals surface area contributed by atoms with Gasteiger partial charge in [-0.2, -0.15) is 5.10 Å². The third-order valence-corrected chi connectivity index (χ3v) is 5.20. The highest BCUT2D eigenvalue weighted by Crippen LogP contribution is 2.35. The fraction of sp³-hybridized carbons (Fsp3) is 0.200. The number of nitrogens with one attached hydrogen (secondary N) is 1. The molecule has 1 aliphatic rings. The average molecular weight is 398 g/mol. The minimum Gasteiger partial charge on any atom is -0.490 e. The van der Waals surface area contributed by atoms with Crippen molar-refractivity contribution in [1.29, 1.82) is 0 Å². The quantitative estimate of drug-likeness (QED) is 0.569. The molecule has 0 bridgehead atoms. The maximum absolute atomic E-state index is 13.5. The van der Waals surface area contributed by atoms with Crippen molar-refractivity contribution in [3.63, 3.8) is 0 Å². The van der Waals surface area contributed by atoms with Gasteiger partial charge in [-0.25, -0.2) is 9.37 Å². The van der Waals surface area contributed by atoms with Gasteiger partial charge in [0.25, 0.3) is 0 Å². The number of fused-ring (bicyclic) bond motifs is 2. The molecule has 0 unspecified atom stereocenters. The molecule has 0 saturated heterocycles. The Morgan fingerprint density at radius 3 is 3.00 bits per heavy atom. The Bertz CT molecular complexity index is 1140. The number of H-pyrrole nitrogens is 1. The Kier molecular flexibility index (Phi) is 4.26. The third-order valence-electron chi connectivity index (χ3n) is 4.92. The van der Waals surface area contributed by atoms with Gasteiger partial charge < -0.3 is 9.30 Å². The maximum atomic E-state index is 13.5. The summed E-state index contributed by atoms with van der Waals surface area (Å²) in [6.45, 7) is 2.63. The second kappa shape index (κ2) is 6.92. The highest BCUT2D eigenvalue weighted by atomic mass is 35.5. The third kappa shape index (κ3) is 3.12. The van der Waals surface area contributed by atoms with Crippen LogP contribution in [0, 0.1) is 5.82 Å². The van der Waals surface area contributed by atoms with Crippen LogP contribution in [0.3, 0.4) is 0 Å². The van der Waals surface area contributed by atoms with Gasteiger partial charge in [-0.05, 0) is 36.4 Å². The Morgan fingerprint density at radius 1 is 1.21 bits per heavy atom. The second-order valence-electron chi connectivity index (χ2n) is 6.80. The van der Waals surface area contributed by atoms with Crippen LogP contribution in [0.25, 0.3) is 16.6 Å². The van der Waals surface area contributed by atoms with E-state index in [2.05, 4.69) is 26.1 Å². The Labute approximate surface area is 165 Å². The molecular formula is C20H17ClFN5O. The van der Waals surface area contributed by atoms with Crippen LogP contribution in [0.2, 0.25) is 5.02 Å². The second-order valence-corrected chi connectivity index (χ2v) is 7.20. The zero-order valence-corrected chi connectivity index (χ0v) is 15.7. The first kappa shape index (κ1) is 17.2. The summed E-state index contributed by atoms with van der Waals surface area (Å²) in [5.74, 6) is 1.28. The van der Waals surface area contributed by atoms with Crippen LogP contribution in [-0.4, -0.2) is 37.8 Å². The summed E-state index contributed by atoms with van der Waals surface area (Å²) >= 11 is 6.56. The van der Waals surface area contributed by atoms with Gasteiger partial charge in [0.05, 0.1) is 17.1 Å². The van der Waals surface area contributed by atoms with Crippen LogP contribution >= 0.6 is 11.6 Å². The molecule has 0 atom stereocenters. The lowest BCUT2D eigenvalue weighted by Crippen LogP contribution is -2.25.